The van der Waals surface area contributed by atoms with Gasteiger partial charge in [0.2, 0.25) is 5.89 Å². The van der Waals surface area contributed by atoms with Crippen molar-refractivity contribution in [2.45, 2.75) is 68.9 Å². The fraction of sp³-hybridized carbons (Fsp3) is 0.846. The molecule has 0 aromatic carbocycles. The van der Waals surface area contributed by atoms with Gasteiger partial charge in [0.1, 0.15) is 0 Å². The maximum Gasteiger partial charge on any atom is 0.276 e. The topological polar surface area (TPSA) is 51.0 Å². The molecule has 18 heavy (non-hydrogen) atoms. The van der Waals surface area contributed by atoms with Gasteiger partial charge in [-0.3, -0.25) is 0 Å². The minimum atomic E-state index is 0.560. The molecule has 1 N–H and O–H groups in total. The van der Waals surface area contributed by atoms with E-state index >= 15 is 0 Å². The van der Waals surface area contributed by atoms with Gasteiger partial charge in [0.15, 0.2) is 0 Å². The van der Waals surface area contributed by atoms with Gasteiger partial charge in [-0.05, 0) is 19.4 Å². The minimum absolute atomic E-state index is 0.560. The van der Waals surface area contributed by atoms with E-state index in [9.17, 15) is 0 Å². The van der Waals surface area contributed by atoms with Crippen molar-refractivity contribution in [3.05, 3.63) is 5.89 Å². The Balaban J connectivity index is 1.99. The first-order valence-corrected chi connectivity index (χ1v) is 7.87. The molecule has 102 valence electrons. The molecule has 0 bridgehead atoms. The second-order valence-electron chi connectivity index (χ2n) is 4.90. The van der Waals surface area contributed by atoms with Gasteiger partial charge in [0.05, 0.1) is 0 Å². The Morgan fingerprint density at radius 2 is 2.00 bits per heavy atom. The van der Waals surface area contributed by atoms with Crippen LogP contribution in [0.1, 0.15) is 51.3 Å². The Bertz CT molecular complexity index is 356. The van der Waals surface area contributed by atoms with Gasteiger partial charge in [-0.15, -0.1) is 10.2 Å². The average molecular weight is 269 g/mol. The first kappa shape index (κ1) is 13.9. The Labute approximate surface area is 113 Å². The summed E-state index contributed by atoms with van der Waals surface area (Å²) in [4.78, 5) is 0. The van der Waals surface area contributed by atoms with E-state index < -0.39 is 0 Å². The molecule has 0 aliphatic heterocycles. The quantitative estimate of drug-likeness (QED) is 0.910. The summed E-state index contributed by atoms with van der Waals surface area (Å²) in [5.41, 5.74) is 0. The van der Waals surface area contributed by atoms with E-state index in [-0.39, 0.29) is 0 Å². The summed E-state index contributed by atoms with van der Waals surface area (Å²) in [7, 11) is 0. The number of aryl methyl sites for hydroxylation is 1. The van der Waals surface area contributed by atoms with Crippen molar-refractivity contribution in [3.63, 3.8) is 0 Å². The van der Waals surface area contributed by atoms with Gasteiger partial charge in [0.25, 0.3) is 5.22 Å². The van der Waals surface area contributed by atoms with Gasteiger partial charge in [-0.1, -0.05) is 44.4 Å². The first-order valence-electron chi connectivity index (χ1n) is 6.99. The number of nitrogens with one attached hydrogen (secondary N) is 1. The third-order valence-electron chi connectivity index (χ3n) is 3.43. The van der Waals surface area contributed by atoms with Crippen LogP contribution < -0.4 is 5.32 Å². The van der Waals surface area contributed by atoms with E-state index in [2.05, 4.69) is 22.4 Å². The van der Waals surface area contributed by atoms with Gasteiger partial charge < -0.3 is 9.73 Å². The third kappa shape index (κ3) is 3.99. The molecule has 2 unspecified atom stereocenters. The van der Waals surface area contributed by atoms with Gasteiger partial charge in [-0.2, -0.15) is 0 Å². The molecule has 5 heteroatoms. The van der Waals surface area contributed by atoms with Crippen LogP contribution in [0.5, 0.6) is 0 Å². The maximum absolute atomic E-state index is 5.50. The van der Waals surface area contributed by atoms with Crippen molar-refractivity contribution in [3.8, 4) is 0 Å². The van der Waals surface area contributed by atoms with Crippen LogP contribution in [0.2, 0.25) is 0 Å². The lowest BCUT2D eigenvalue weighted by Gasteiger charge is -2.28. The molecule has 1 saturated carbocycles. The fourth-order valence-corrected chi connectivity index (χ4v) is 3.74. The number of aromatic nitrogens is 2. The fourth-order valence-electron chi connectivity index (χ4n) is 2.54. The van der Waals surface area contributed by atoms with E-state index in [0.717, 1.165) is 11.8 Å². The van der Waals surface area contributed by atoms with Crippen LogP contribution >= 0.6 is 11.8 Å². The van der Waals surface area contributed by atoms with Crippen LogP contribution in [0.3, 0.4) is 0 Å². The van der Waals surface area contributed by atoms with Crippen molar-refractivity contribution >= 4 is 11.8 Å². The average Bonchev–Trinajstić information content (AvgIpc) is 2.73. The molecule has 0 spiro atoms. The maximum atomic E-state index is 5.50. The monoisotopic (exact) mass is 269 g/mol. The number of thioether (sulfide) groups is 1. The molecule has 4 nitrogen and oxygen atoms in total. The van der Waals surface area contributed by atoms with Gasteiger partial charge in [-0.25, -0.2) is 0 Å². The summed E-state index contributed by atoms with van der Waals surface area (Å²) in [6, 6.07) is 0.576. The predicted octanol–water partition coefficient (Wildman–Crippen LogP) is 3.17. The smallest absolute Gasteiger partial charge is 0.276 e. The standard InChI is InChI=1S/C13H23N3OS/c1-3-14-11-8-6-4-5-7-9-12(11)18-13-16-15-10(2)17-13/h11-12,14H,3-9H2,1-2H3. The second kappa shape index (κ2) is 7.14. The first-order chi connectivity index (χ1) is 8.79. The zero-order chi connectivity index (χ0) is 12.8. The highest BCUT2D eigenvalue weighted by atomic mass is 32.2. The van der Waals surface area contributed by atoms with E-state index in [1.165, 1.54) is 38.5 Å². The van der Waals surface area contributed by atoms with Crippen LogP contribution in [0.25, 0.3) is 0 Å². The molecular formula is C13H23N3OS. The van der Waals surface area contributed by atoms with Crippen molar-refractivity contribution in [2.24, 2.45) is 0 Å². The summed E-state index contributed by atoms with van der Waals surface area (Å²) in [6.45, 7) is 5.05. The summed E-state index contributed by atoms with van der Waals surface area (Å²) in [6.07, 6.45) is 7.88. The van der Waals surface area contributed by atoms with Gasteiger partial charge in [0, 0.05) is 18.2 Å². The van der Waals surface area contributed by atoms with Crippen LogP contribution in [-0.2, 0) is 0 Å². The van der Waals surface area contributed by atoms with E-state index in [1.54, 1.807) is 11.8 Å². The number of hydrogen-bond donors (Lipinski definition) is 1. The molecule has 1 heterocycles. The highest BCUT2D eigenvalue weighted by Crippen LogP contribution is 2.31. The van der Waals surface area contributed by atoms with E-state index in [0.29, 0.717) is 17.2 Å². The largest absolute Gasteiger partial charge is 0.416 e. The molecule has 0 amide bonds. The Morgan fingerprint density at radius 1 is 1.22 bits per heavy atom. The van der Waals surface area contributed by atoms with Crippen LogP contribution in [-0.4, -0.2) is 28.0 Å². The van der Waals surface area contributed by atoms with E-state index in [4.69, 9.17) is 4.42 Å². The van der Waals surface area contributed by atoms with Crippen LogP contribution in [0.15, 0.2) is 9.64 Å². The molecule has 1 aromatic rings. The van der Waals surface area contributed by atoms with Crippen molar-refractivity contribution in [1.29, 1.82) is 0 Å². The Hall–Kier alpha value is -0.550. The molecule has 2 rings (SSSR count). The number of rotatable bonds is 4. The zero-order valence-corrected chi connectivity index (χ0v) is 12.1. The molecule has 0 radical (unpaired) electrons. The van der Waals surface area contributed by atoms with E-state index in [1.807, 2.05) is 6.92 Å². The third-order valence-corrected chi connectivity index (χ3v) is 4.66. The highest BCUT2D eigenvalue weighted by molar-refractivity contribution is 7.99. The summed E-state index contributed by atoms with van der Waals surface area (Å²) < 4.78 is 5.50. The van der Waals surface area contributed by atoms with Crippen molar-refractivity contribution < 1.29 is 4.42 Å². The summed E-state index contributed by atoms with van der Waals surface area (Å²) in [5.74, 6) is 0.656. The molecule has 0 saturated heterocycles. The molecular weight excluding hydrogens is 246 g/mol. The zero-order valence-electron chi connectivity index (χ0n) is 11.3. The van der Waals surface area contributed by atoms with Crippen LogP contribution in [0.4, 0.5) is 0 Å². The minimum Gasteiger partial charge on any atom is -0.416 e. The lowest BCUT2D eigenvalue weighted by Crippen LogP contribution is -2.38. The molecule has 1 aromatic heterocycles. The molecule has 1 aliphatic rings. The SMILES string of the molecule is CCNC1CCCCCCC1Sc1nnc(C)o1. The molecule has 1 aliphatic carbocycles. The number of hydrogen-bond acceptors (Lipinski definition) is 5. The summed E-state index contributed by atoms with van der Waals surface area (Å²) >= 11 is 1.75. The molecule has 2 atom stereocenters. The lowest BCUT2D eigenvalue weighted by atomic mass is 9.96. The second-order valence-corrected chi connectivity index (χ2v) is 6.09. The molecule has 1 fully saturated rings. The van der Waals surface area contributed by atoms with Crippen molar-refractivity contribution in [1.82, 2.24) is 15.5 Å². The van der Waals surface area contributed by atoms with Crippen LogP contribution in [0, 0.1) is 6.92 Å². The Morgan fingerprint density at radius 3 is 2.67 bits per heavy atom. The highest BCUT2D eigenvalue weighted by Gasteiger charge is 2.24. The predicted molar refractivity (Wildman–Crippen MR) is 73.8 cm³/mol. The summed E-state index contributed by atoms with van der Waals surface area (Å²) in [5, 5.41) is 12.9. The number of nitrogens with zero attached hydrogens (tertiary/aromatic N) is 2. The van der Waals surface area contributed by atoms with Gasteiger partial charge >= 0.3 is 0 Å². The normalized spacial score (nSPS) is 25.7. The Kier molecular flexibility index (Phi) is 5.50. The lowest BCUT2D eigenvalue weighted by molar-refractivity contribution is 0.396. The van der Waals surface area contributed by atoms with Crippen molar-refractivity contribution in [2.75, 3.05) is 6.54 Å².